The van der Waals surface area contributed by atoms with Crippen molar-refractivity contribution in [2.24, 2.45) is 0 Å². The molecule has 0 heterocycles. The van der Waals surface area contributed by atoms with Crippen molar-refractivity contribution >= 4 is 17.7 Å². The van der Waals surface area contributed by atoms with Crippen LogP contribution in [0.1, 0.15) is 44.3 Å². The Labute approximate surface area is 193 Å². The molecule has 0 unspecified atom stereocenters. The molecule has 0 radical (unpaired) electrons. The first kappa shape index (κ1) is 23.7. The molecule has 0 bridgehead atoms. The minimum atomic E-state index is -0.714. The van der Waals surface area contributed by atoms with E-state index in [0.717, 1.165) is 16.9 Å². The van der Waals surface area contributed by atoms with Crippen LogP contribution in [0.5, 0.6) is 5.75 Å². The van der Waals surface area contributed by atoms with E-state index in [-0.39, 0.29) is 22.8 Å². The van der Waals surface area contributed by atoms with Crippen molar-refractivity contribution in [1.29, 1.82) is 0 Å². The average Bonchev–Trinajstić information content (AvgIpc) is 2.83. The van der Waals surface area contributed by atoms with Crippen molar-refractivity contribution in [2.45, 2.75) is 20.4 Å². The van der Waals surface area contributed by atoms with Gasteiger partial charge in [0.25, 0.3) is 5.91 Å². The first-order valence-electron chi connectivity index (χ1n) is 10.7. The smallest absolute Gasteiger partial charge is 0.339 e. The fourth-order valence-corrected chi connectivity index (χ4v) is 3.25. The van der Waals surface area contributed by atoms with Crippen LogP contribution in [0.4, 0.5) is 0 Å². The van der Waals surface area contributed by atoms with Gasteiger partial charge in [0.1, 0.15) is 5.75 Å². The summed E-state index contributed by atoms with van der Waals surface area (Å²) in [5, 5.41) is 0. The summed E-state index contributed by atoms with van der Waals surface area (Å²) in [4.78, 5) is 39.5. The fraction of sp³-hybridized carbons (Fsp3) is 0.222. The molecule has 0 atom stereocenters. The summed E-state index contributed by atoms with van der Waals surface area (Å²) in [6.07, 6.45) is 0. The van der Waals surface area contributed by atoms with E-state index >= 15 is 0 Å². The van der Waals surface area contributed by atoms with Crippen LogP contribution in [0, 0.1) is 6.92 Å². The van der Waals surface area contributed by atoms with Gasteiger partial charge < -0.3 is 14.4 Å². The van der Waals surface area contributed by atoms with Crippen LogP contribution in [-0.4, -0.2) is 42.8 Å². The zero-order valence-corrected chi connectivity index (χ0v) is 19.0. The molecular formula is C27H27NO5. The minimum Gasteiger partial charge on any atom is -0.494 e. The van der Waals surface area contributed by atoms with Crippen LogP contribution in [0.3, 0.4) is 0 Å². The van der Waals surface area contributed by atoms with E-state index in [9.17, 15) is 14.4 Å². The second-order valence-electron chi connectivity index (χ2n) is 7.64. The Morgan fingerprint density at radius 3 is 2.12 bits per heavy atom. The third-order valence-electron chi connectivity index (χ3n) is 5.11. The predicted octanol–water partition coefficient (Wildman–Crippen LogP) is 4.44. The first-order chi connectivity index (χ1) is 15.9. The topological polar surface area (TPSA) is 72.9 Å². The first-order valence-corrected chi connectivity index (χ1v) is 10.7. The van der Waals surface area contributed by atoms with Gasteiger partial charge in [-0.15, -0.1) is 0 Å². The van der Waals surface area contributed by atoms with Crippen molar-refractivity contribution in [2.75, 3.05) is 20.3 Å². The molecule has 0 fully saturated rings. The highest BCUT2D eigenvalue weighted by atomic mass is 16.5. The molecule has 0 N–H and O–H groups in total. The van der Waals surface area contributed by atoms with Crippen molar-refractivity contribution in [1.82, 2.24) is 4.90 Å². The molecule has 0 saturated carbocycles. The largest absolute Gasteiger partial charge is 0.494 e. The summed E-state index contributed by atoms with van der Waals surface area (Å²) >= 11 is 0. The summed E-state index contributed by atoms with van der Waals surface area (Å²) in [5.41, 5.74) is 2.81. The number of carbonyl (C=O) groups excluding carboxylic acids is 3. The van der Waals surface area contributed by atoms with Gasteiger partial charge in [-0.25, -0.2) is 4.79 Å². The van der Waals surface area contributed by atoms with Crippen LogP contribution in [0.25, 0.3) is 0 Å². The number of aryl methyl sites for hydroxylation is 1. The molecule has 3 rings (SSSR count). The molecule has 3 aromatic rings. The molecule has 170 valence electrons. The Bertz CT molecular complexity index is 1120. The summed E-state index contributed by atoms with van der Waals surface area (Å²) in [6.45, 7) is 4.38. The van der Waals surface area contributed by atoms with Crippen LogP contribution < -0.4 is 4.74 Å². The van der Waals surface area contributed by atoms with Gasteiger partial charge in [0.15, 0.2) is 12.4 Å². The molecule has 0 aromatic heterocycles. The third-order valence-corrected chi connectivity index (χ3v) is 5.11. The van der Waals surface area contributed by atoms with E-state index in [1.165, 1.54) is 11.0 Å². The lowest BCUT2D eigenvalue weighted by molar-refractivity contribution is -0.133. The second kappa shape index (κ2) is 11.1. The summed E-state index contributed by atoms with van der Waals surface area (Å²) in [6, 6.07) is 21.0. The van der Waals surface area contributed by atoms with Crippen molar-refractivity contribution in [3.63, 3.8) is 0 Å². The van der Waals surface area contributed by atoms with Crippen molar-refractivity contribution in [3.8, 4) is 5.75 Å². The Morgan fingerprint density at radius 1 is 0.848 bits per heavy atom. The molecule has 1 amide bonds. The summed E-state index contributed by atoms with van der Waals surface area (Å²) in [7, 11) is 1.64. The fourth-order valence-electron chi connectivity index (χ4n) is 3.25. The van der Waals surface area contributed by atoms with Crippen molar-refractivity contribution < 1.29 is 23.9 Å². The maximum Gasteiger partial charge on any atom is 0.339 e. The maximum absolute atomic E-state index is 12.9. The van der Waals surface area contributed by atoms with Gasteiger partial charge in [0.05, 0.1) is 12.2 Å². The van der Waals surface area contributed by atoms with Crippen molar-refractivity contribution in [3.05, 3.63) is 101 Å². The molecule has 0 saturated heterocycles. The van der Waals surface area contributed by atoms with E-state index in [1.807, 2.05) is 50.2 Å². The van der Waals surface area contributed by atoms with Crippen LogP contribution in [0.15, 0.2) is 72.8 Å². The number of rotatable bonds is 9. The highest BCUT2D eigenvalue weighted by Gasteiger charge is 2.20. The van der Waals surface area contributed by atoms with Crippen LogP contribution >= 0.6 is 0 Å². The number of amides is 1. The molecule has 0 aliphatic heterocycles. The third kappa shape index (κ3) is 6.29. The zero-order valence-electron chi connectivity index (χ0n) is 19.0. The molecule has 33 heavy (non-hydrogen) atoms. The highest BCUT2D eigenvalue weighted by Crippen LogP contribution is 2.17. The summed E-state index contributed by atoms with van der Waals surface area (Å²) < 4.78 is 10.7. The van der Waals surface area contributed by atoms with Gasteiger partial charge in [-0.05, 0) is 37.6 Å². The molecule has 6 heteroatoms. The number of carbonyl (C=O) groups is 3. The number of ether oxygens (including phenoxy) is 2. The van der Waals surface area contributed by atoms with E-state index in [0.29, 0.717) is 18.7 Å². The quantitative estimate of drug-likeness (QED) is 0.360. The Balaban J connectivity index is 1.61. The highest BCUT2D eigenvalue weighted by molar-refractivity contribution is 6.14. The lowest BCUT2D eigenvalue weighted by Gasteiger charge is -2.18. The van der Waals surface area contributed by atoms with Gasteiger partial charge in [-0.3, -0.25) is 9.59 Å². The van der Waals surface area contributed by atoms with E-state index < -0.39 is 12.6 Å². The molecule has 6 nitrogen and oxygen atoms in total. The Morgan fingerprint density at radius 2 is 1.48 bits per heavy atom. The van der Waals surface area contributed by atoms with Gasteiger partial charge >= 0.3 is 5.97 Å². The average molecular weight is 446 g/mol. The van der Waals surface area contributed by atoms with Gasteiger partial charge in [-0.2, -0.15) is 0 Å². The summed E-state index contributed by atoms with van der Waals surface area (Å²) in [5.74, 6) is -0.571. The monoisotopic (exact) mass is 445 g/mol. The number of hydrogen-bond acceptors (Lipinski definition) is 5. The molecule has 0 aliphatic rings. The number of nitrogens with zero attached hydrogens (tertiary/aromatic N) is 1. The van der Waals surface area contributed by atoms with Gasteiger partial charge in [-0.1, -0.05) is 60.2 Å². The van der Waals surface area contributed by atoms with Crippen LogP contribution in [-0.2, 0) is 16.1 Å². The lowest BCUT2D eigenvalue weighted by Crippen LogP contribution is -2.31. The van der Waals surface area contributed by atoms with E-state index in [4.69, 9.17) is 9.47 Å². The maximum atomic E-state index is 12.9. The lowest BCUT2D eigenvalue weighted by atomic mass is 9.98. The number of esters is 1. The molecule has 3 aromatic carbocycles. The van der Waals surface area contributed by atoms with Crippen LogP contribution in [0.2, 0.25) is 0 Å². The molecule has 0 aliphatic carbocycles. The van der Waals surface area contributed by atoms with Gasteiger partial charge in [0, 0.05) is 24.7 Å². The Hall–Kier alpha value is -3.93. The number of hydrogen-bond donors (Lipinski definition) is 0. The molecule has 0 spiro atoms. The number of ketones is 1. The standard InChI is InChI=1S/C27H27NO5/c1-4-32-22-15-11-20(12-16-22)17-28(3)25(29)18-33-27(31)24-8-6-5-7-23(24)26(30)21-13-9-19(2)10-14-21/h5-16H,4,17-18H2,1-3H3. The van der Waals surface area contributed by atoms with E-state index in [1.54, 1.807) is 37.4 Å². The van der Waals surface area contributed by atoms with E-state index in [2.05, 4.69) is 0 Å². The zero-order chi connectivity index (χ0) is 23.8. The minimum absolute atomic E-state index is 0.130. The SMILES string of the molecule is CCOc1ccc(CN(C)C(=O)COC(=O)c2ccccc2C(=O)c2ccc(C)cc2)cc1. The number of benzene rings is 3. The van der Waals surface area contributed by atoms with Gasteiger partial charge in [0.2, 0.25) is 0 Å². The second-order valence-corrected chi connectivity index (χ2v) is 7.64. The number of likely N-dealkylation sites (N-methyl/N-ethyl adjacent to an activating group) is 1. The predicted molar refractivity (Wildman–Crippen MR) is 125 cm³/mol. The Kier molecular flexibility index (Phi) is 7.97. The normalized spacial score (nSPS) is 10.4. The molecular weight excluding hydrogens is 418 g/mol.